The van der Waals surface area contributed by atoms with Gasteiger partial charge < -0.3 is 15.0 Å². The number of fused-ring (bicyclic) bond motifs is 2. The Kier molecular flexibility index (Phi) is 5.16. The predicted molar refractivity (Wildman–Crippen MR) is 131 cm³/mol. The smallest absolute Gasteiger partial charge is 0.272 e. The molecule has 0 saturated carbocycles. The zero-order chi connectivity index (χ0) is 22.2. The summed E-state index contributed by atoms with van der Waals surface area (Å²) >= 11 is 1.49. The maximum atomic E-state index is 13.1. The quantitative estimate of drug-likeness (QED) is 0.480. The van der Waals surface area contributed by atoms with E-state index in [-0.39, 0.29) is 5.91 Å². The van der Waals surface area contributed by atoms with Crippen molar-refractivity contribution in [3.63, 3.8) is 0 Å². The second-order valence-corrected chi connectivity index (χ2v) is 9.02. The van der Waals surface area contributed by atoms with E-state index >= 15 is 0 Å². The fourth-order valence-corrected chi connectivity index (χ4v) is 5.08. The fourth-order valence-electron chi connectivity index (χ4n) is 4.30. The molecule has 0 bridgehead atoms. The van der Waals surface area contributed by atoms with Crippen LogP contribution in [0.25, 0.3) is 26.9 Å². The largest absolute Gasteiger partial charge is 0.378 e. The maximum Gasteiger partial charge on any atom is 0.272 e. The Hall–Kier alpha value is -3.49. The molecule has 6 rings (SSSR count). The number of carbonyl (C=O) groups excluding carboxylic acids is 1. The number of benzene rings is 1. The zero-order valence-corrected chi connectivity index (χ0v) is 18.8. The van der Waals surface area contributed by atoms with Gasteiger partial charge in [-0.05, 0) is 65.8 Å². The van der Waals surface area contributed by atoms with Crippen LogP contribution in [0, 0.1) is 0 Å². The van der Waals surface area contributed by atoms with E-state index in [1.165, 1.54) is 17.2 Å². The Morgan fingerprint density at radius 3 is 2.85 bits per heavy atom. The number of anilines is 1. The monoisotopic (exact) mass is 457 g/mol. The van der Waals surface area contributed by atoms with Crippen LogP contribution in [0.5, 0.6) is 0 Å². The molecule has 2 aliphatic rings. The molecule has 1 aromatic carbocycles. The first-order chi connectivity index (χ1) is 16.3. The molecule has 1 fully saturated rings. The molecule has 0 atom stereocenters. The molecule has 8 heteroatoms. The van der Waals surface area contributed by atoms with Gasteiger partial charge in [0.05, 0.1) is 24.1 Å². The predicted octanol–water partition coefficient (Wildman–Crippen LogP) is 4.73. The van der Waals surface area contributed by atoms with E-state index in [0.717, 1.165) is 45.5 Å². The molecule has 4 aromatic rings. The lowest BCUT2D eigenvalue weighted by Crippen LogP contribution is -2.41. The molecule has 3 aromatic heterocycles. The number of pyridine rings is 1. The van der Waals surface area contributed by atoms with Crippen molar-refractivity contribution in [2.75, 3.05) is 31.6 Å². The number of carbonyl (C=O) groups is 1. The second kappa shape index (κ2) is 8.46. The van der Waals surface area contributed by atoms with Crippen LogP contribution >= 0.6 is 11.5 Å². The number of nitrogens with one attached hydrogen (secondary N) is 1. The third kappa shape index (κ3) is 3.81. The Labute approximate surface area is 195 Å². The standard InChI is InChI=1S/C25H23N5O2S/c31-25(29-10-12-32-13-11-29)21-15-26-23-9-7-18(16-30(21)23)17-6-8-20-22(14-17)33-28-24(20)27-19-4-2-1-3-5-19/h1-2,4,6-9,14-16H,3,5,10-13H2,(H,27,28). The molecule has 1 aliphatic carbocycles. The van der Waals surface area contributed by atoms with Gasteiger partial charge in [-0.15, -0.1) is 0 Å². The molecule has 1 N–H and O–H groups in total. The number of nitrogens with zero attached hydrogens (tertiary/aromatic N) is 4. The van der Waals surface area contributed by atoms with Gasteiger partial charge in [-0.3, -0.25) is 9.20 Å². The molecule has 1 aliphatic heterocycles. The number of aromatic nitrogens is 3. The third-order valence-electron chi connectivity index (χ3n) is 6.12. The SMILES string of the molecule is O=C(c1cnc2ccc(-c3ccc4c(NC5=CC=CCC5)nsc4c3)cn12)N1CCOCC1. The Balaban J connectivity index is 1.32. The maximum absolute atomic E-state index is 13.1. The summed E-state index contributed by atoms with van der Waals surface area (Å²) in [7, 11) is 0. The highest BCUT2D eigenvalue weighted by atomic mass is 32.1. The van der Waals surface area contributed by atoms with Crippen LogP contribution in [0.4, 0.5) is 5.82 Å². The van der Waals surface area contributed by atoms with E-state index in [9.17, 15) is 4.79 Å². The molecule has 33 heavy (non-hydrogen) atoms. The Morgan fingerprint density at radius 1 is 1.12 bits per heavy atom. The average molecular weight is 458 g/mol. The molecule has 7 nitrogen and oxygen atoms in total. The van der Waals surface area contributed by atoms with E-state index in [2.05, 4.69) is 51.1 Å². The van der Waals surface area contributed by atoms with Gasteiger partial charge in [0.2, 0.25) is 0 Å². The summed E-state index contributed by atoms with van der Waals surface area (Å²) in [6, 6.07) is 10.4. The van der Waals surface area contributed by atoms with Crippen molar-refractivity contribution in [2.45, 2.75) is 12.8 Å². The Morgan fingerprint density at radius 2 is 2.00 bits per heavy atom. The molecule has 166 valence electrons. The number of hydrogen-bond donors (Lipinski definition) is 1. The van der Waals surface area contributed by atoms with E-state index in [0.29, 0.717) is 32.0 Å². The van der Waals surface area contributed by atoms with Gasteiger partial charge in [-0.1, -0.05) is 18.2 Å². The number of imidazole rings is 1. The highest BCUT2D eigenvalue weighted by Gasteiger charge is 2.22. The van der Waals surface area contributed by atoms with Gasteiger partial charge in [0.1, 0.15) is 11.3 Å². The molecule has 0 spiro atoms. The molecule has 0 radical (unpaired) electrons. The normalized spacial score (nSPS) is 16.4. The summed E-state index contributed by atoms with van der Waals surface area (Å²) in [5.74, 6) is 0.898. The minimum Gasteiger partial charge on any atom is -0.378 e. The lowest BCUT2D eigenvalue weighted by molar-refractivity contribution is 0.0298. The van der Waals surface area contributed by atoms with Crippen LogP contribution in [0.15, 0.2) is 66.7 Å². The van der Waals surface area contributed by atoms with Gasteiger partial charge in [0, 0.05) is 30.4 Å². The minimum atomic E-state index is -0.0107. The summed E-state index contributed by atoms with van der Waals surface area (Å²) in [5.41, 5.74) is 4.64. The van der Waals surface area contributed by atoms with Crippen LogP contribution in [0.3, 0.4) is 0 Å². The van der Waals surface area contributed by atoms with E-state index in [1.54, 1.807) is 6.20 Å². The van der Waals surface area contributed by atoms with Crippen LogP contribution in [-0.4, -0.2) is 50.9 Å². The van der Waals surface area contributed by atoms with Crippen molar-refractivity contribution in [1.29, 1.82) is 0 Å². The van der Waals surface area contributed by atoms with E-state index < -0.39 is 0 Å². The third-order valence-corrected chi connectivity index (χ3v) is 6.93. The van der Waals surface area contributed by atoms with Crippen LogP contribution < -0.4 is 5.32 Å². The van der Waals surface area contributed by atoms with Crippen molar-refractivity contribution in [2.24, 2.45) is 0 Å². The van der Waals surface area contributed by atoms with Gasteiger partial charge in [0.15, 0.2) is 5.82 Å². The molecule has 4 heterocycles. The van der Waals surface area contributed by atoms with E-state index in [4.69, 9.17) is 4.74 Å². The van der Waals surface area contributed by atoms with Crippen LogP contribution in [-0.2, 0) is 4.74 Å². The van der Waals surface area contributed by atoms with Crippen LogP contribution in [0.1, 0.15) is 23.3 Å². The van der Waals surface area contributed by atoms with Gasteiger partial charge in [-0.2, -0.15) is 4.37 Å². The molecular weight excluding hydrogens is 434 g/mol. The lowest BCUT2D eigenvalue weighted by Gasteiger charge is -2.26. The first kappa shape index (κ1) is 20.1. The summed E-state index contributed by atoms with van der Waals surface area (Å²) < 4.78 is 13.0. The number of ether oxygens (including phenoxy) is 1. The molecule has 1 amide bonds. The number of rotatable bonds is 4. The number of amides is 1. The summed E-state index contributed by atoms with van der Waals surface area (Å²) in [5, 5.41) is 4.60. The van der Waals surface area contributed by atoms with Crippen molar-refractivity contribution >= 4 is 39.0 Å². The van der Waals surface area contributed by atoms with Crippen molar-refractivity contribution < 1.29 is 9.53 Å². The van der Waals surface area contributed by atoms with E-state index in [1.807, 2.05) is 27.6 Å². The summed E-state index contributed by atoms with van der Waals surface area (Å²) in [4.78, 5) is 19.3. The van der Waals surface area contributed by atoms with Crippen molar-refractivity contribution in [3.8, 4) is 11.1 Å². The van der Waals surface area contributed by atoms with Crippen molar-refractivity contribution in [3.05, 3.63) is 72.3 Å². The molecule has 1 saturated heterocycles. The minimum absolute atomic E-state index is 0.0107. The highest BCUT2D eigenvalue weighted by molar-refractivity contribution is 7.13. The number of morpholine rings is 1. The van der Waals surface area contributed by atoms with Crippen molar-refractivity contribution in [1.82, 2.24) is 18.7 Å². The van der Waals surface area contributed by atoms with Gasteiger partial charge >= 0.3 is 0 Å². The molecular formula is C25H23N5O2S. The van der Waals surface area contributed by atoms with Crippen LogP contribution in [0.2, 0.25) is 0 Å². The first-order valence-electron chi connectivity index (χ1n) is 11.1. The highest BCUT2D eigenvalue weighted by Crippen LogP contribution is 2.33. The second-order valence-electron chi connectivity index (χ2n) is 8.22. The summed E-state index contributed by atoms with van der Waals surface area (Å²) in [6.45, 7) is 2.37. The van der Waals surface area contributed by atoms with Gasteiger partial charge in [-0.25, -0.2) is 4.98 Å². The Bertz CT molecular complexity index is 1410. The zero-order valence-electron chi connectivity index (χ0n) is 18.0. The summed E-state index contributed by atoms with van der Waals surface area (Å²) in [6.07, 6.45) is 12.1. The van der Waals surface area contributed by atoms with Gasteiger partial charge in [0.25, 0.3) is 5.91 Å². The molecule has 0 unspecified atom stereocenters. The topological polar surface area (TPSA) is 71.8 Å². The first-order valence-corrected chi connectivity index (χ1v) is 11.9. The fraction of sp³-hybridized carbons (Fsp3) is 0.240. The number of allylic oxidation sites excluding steroid dienone is 4. The average Bonchev–Trinajstić information content (AvgIpc) is 3.48. The number of hydrogen-bond acceptors (Lipinski definition) is 6. The lowest BCUT2D eigenvalue weighted by atomic mass is 10.1.